The van der Waals surface area contributed by atoms with E-state index < -0.39 is 16.3 Å². The fourth-order valence-corrected chi connectivity index (χ4v) is 2.64. The van der Waals surface area contributed by atoms with E-state index >= 15 is 0 Å². The summed E-state index contributed by atoms with van der Waals surface area (Å²) < 4.78 is 0. The molecule has 1 aliphatic heterocycles. The molecule has 2 heterocycles. The molecule has 1 atom stereocenters. The molecule has 1 saturated heterocycles. The standard InChI is InChI=1S/C13H17N3O4/c1-2-13(12(17)18)5-3-7-15(9-13)11-8-10(16(19)20)4-6-14-11/h4,6,8H,2-3,5,7,9H2,1H3,(H,17,18). The average Bonchev–Trinajstić information content (AvgIpc) is 2.47. The molecule has 0 radical (unpaired) electrons. The van der Waals surface area contributed by atoms with Crippen molar-refractivity contribution in [3.8, 4) is 0 Å². The van der Waals surface area contributed by atoms with E-state index in [2.05, 4.69) is 4.98 Å². The van der Waals surface area contributed by atoms with Gasteiger partial charge in [0.25, 0.3) is 5.69 Å². The van der Waals surface area contributed by atoms with Crippen LogP contribution in [0.3, 0.4) is 0 Å². The maximum absolute atomic E-state index is 11.5. The van der Waals surface area contributed by atoms with E-state index in [1.165, 1.54) is 18.3 Å². The second-order valence-electron chi connectivity index (χ2n) is 5.09. The first-order valence-corrected chi connectivity index (χ1v) is 6.57. The Labute approximate surface area is 116 Å². The van der Waals surface area contributed by atoms with Gasteiger partial charge in [0.05, 0.1) is 16.4 Å². The van der Waals surface area contributed by atoms with E-state index in [0.717, 1.165) is 6.42 Å². The predicted octanol–water partition coefficient (Wildman–Crippen LogP) is 2.07. The highest BCUT2D eigenvalue weighted by Crippen LogP contribution is 2.35. The first-order chi connectivity index (χ1) is 9.48. The zero-order valence-electron chi connectivity index (χ0n) is 11.3. The lowest BCUT2D eigenvalue weighted by Crippen LogP contribution is -2.47. The van der Waals surface area contributed by atoms with E-state index in [0.29, 0.717) is 31.7 Å². The van der Waals surface area contributed by atoms with Crippen LogP contribution in [0.4, 0.5) is 11.5 Å². The van der Waals surface area contributed by atoms with Gasteiger partial charge >= 0.3 is 5.97 Å². The summed E-state index contributed by atoms with van der Waals surface area (Å²) in [7, 11) is 0. The number of anilines is 1. The summed E-state index contributed by atoms with van der Waals surface area (Å²) in [5.41, 5.74) is -0.817. The summed E-state index contributed by atoms with van der Waals surface area (Å²) in [4.78, 5) is 27.8. The molecule has 1 aliphatic rings. The van der Waals surface area contributed by atoms with E-state index in [-0.39, 0.29) is 5.69 Å². The summed E-state index contributed by atoms with van der Waals surface area (Å²) in [6, 6.07) is 2.73. The number of hydrogen-bond donors (Lipinski definition) is 1. The van der Waals surface area contributed by atoms with Crippen molar-refractivity contribution < 1.29 is 14.8 Å². The van der Waals surface area contributed by atoms with E-state index in [4.69, 9.17) is 0 Å². The number of pyridine rings is 1. The Hall–Kier alpha value is -2.18. The summed E-state index contributed by atoms with van der Waals surface area (Å²) in [6.07, 6.45) is 3.29. The van der Waals surface area contributed by atoms with Crippen molar-refractivity contribution in [3.63, 3.8) is 0 Å². The minimum absolute atomic E-state index is 0.0296. The lowest BCUT2D eigenvalue weighted by molar-refractivity contribution is -0.384. The van der Waals surface area contributed by atoms with Gasteiger partial charge in [-0.2, -0.15) is 0 Å². The zero-order chi connectivity index (χ0) is 14.8. The fraction of sp³-hybridized carbons (Fsp3) is 0.538. The molecule has 2 rings (SSSR count). The fourth-order valence-electron chi connectivity index (χ4n) is 2.64. The molecule has 20 heavy (non-hydrogen) atoms. The van der Waals surface area contributed by atoms with Crippen molar-refractivity contribution in [2.24, 2.45) is 5.41 Å². The molecule has 0 amide bonds. The first-order valence-electron chi connectivity index (χ1n) is 6.57. The minimum atomic E-state index is -0.810. The molecule has 7 nitrogen and oxygen atoms in total. The lowest BCUT2D eigenvalue weighted by Gasteiger charge is -2.39. The van der Waals surface area contributed by atoms with Gasteiger partial charge in [0, 0.05) is 25.4 Å². The van der Waals surface area contributed by atoms with Crippen molar-refractivity contribution in [2.45, 2.75) is 26.2 Å². The first kappa shape index (κ1) is 14.2. The van der Waals surface area contributed by atoms with Crippen molar-refractivity contribution in [1.29, 1.82) is 0 Å². The number of aliphatic carboxylic acids is 1. The van der Waals surface area contributed by atoms with E-state index in [1.54, 1.807) is 0 Å². The molecule has 7 heteroatoms. The molecule has 1 aromatic heterocycles. The SMILES string of the molecule is CCC1(C(=O)O)CCCN(c2cc([N+](=O)[O-])ccn2)C1. The second kappa shape index (κ2) is 5.44. The van der Waals surface area contributed by atoms with Crippen molar-refractivity contribution in [2.75, 3.05) is 18.0 Å². The van der Waals surface area contributed by atoms with Gasteiger partial charge in [-0.1, -0.05) is 6.92 Å². The highest BCUT2D eigenvalue weighted by atomic mass is 16.6. The van der Waals surface area contributed by atoms with Crippen molar-refractivity contribution >= 4 is 17.5 Å². The summed E-state index contributed by atoms with van der Waals surface area (Å²) in [5, 5.41) is 20.2. The number of nitrogens with zero attached hydrogens (tertiary/aromatic N) is 3. The predicted molar refractivity (Wildman–Crippen MR) is 72.7 cm³/mol. The van der Waals surface area contributed by atoms with Crippen LogP contribution in [0.15, 0.2) is 18.3 Å². The van der Waals surface area contributed by atoms with Gasteiger partial charge in [-0.3, -0.25) is 14.9 Å². The van der Waals surface area contributed by atoms with Crippen LogP contribution in [0.1, 0.15) is 26.2 Å². The Morgan fingerprint density at radius 2 is 2.40 bits per heavy atom. The maximum atomic E-state index is 11.5. The topological polar surface area (TPSA) is 96.6 Å². The van der Waals surface area contributed by atoms with Gasteiger partial charge < -0.3 is 10.0 Å². The Balaban J connectivity index is 2.27. The third-order valence-electron chi connectivity index (χ3n) is 3.97. The number of carbonyl (C=O) groups is 1. The van der Waals surface area contributed by atoms with Gasteiger partial charge in [0.1, 0.15) is 5.82 Å². The number of carboxylic acid groups (broad SMARTS) is 1. The van der Waals surface area contributed by atoms with Crippen LogP contribution in [-0.2, 0) is 4.79 Å². The minimum Gasteiger partial charge on any atom is -0.481 e. The van der Waals surface area contributed by atoms with Gasteiger partial charge in [0.2, 0.25) is 0 Å². The Kier molecular flexibility index (Phi) is 3.87. The third-order valence-corrected chi connectivity index (χ3v) is 3.97. The van der Waals surface area contributed by atoms with Gasteiger partial charge in [-0.15, -0.1) is 0 Å². The Bertz CT molecular complexity index is 534. The number of piperidine rings is 1. The molecular weight excluding hydrogens is 262 g/mol. The van der Waals surface area contributed by atoms with Crippen LogP contribution < -0.4 is 4.90 Å². The lowest BCUT2D eigenvalue weighted by atomic mass is 9.77. The molecule has 1 unspecified atom stereocenters. The van der Waals surface area contributed by atoms with Crippen molar-refractivity contribution in [3.05, 3.63) is 28.4 Å². The highest BCUT2D eigenvalue weighted by Gasteiger charge is 2.41. The average molecular weight is 279 g/mol. The summed E-state index contributed by atoms with van der Waals surface area (Å²) in [6.45, 7) is 2.87. The highest BCUT2D eigenvalue weighted by molar-refractivity contribution is 5.76. The van der Waals surface area contributed by atoms with Crippen LogP contribution >= 0.6 is 0 Å². The van der Waals surface area contributed by atoms with Gasteiger partial charge in [-0.25, -0.2) is 4.98 Å². The molecule has 0 spiro atoms. The number of hydrogen-bond acceptors (Lipinski definition) is 5. The third kappa shape index (κ3) is 2.56. The quantitative estimate of drug-likeness (QED) is 0.669. The maximum Gasteiger partial charge on any atom is 0.311 e. The molecule has 1 aromatic rings. The molecule has 0 aromatic carbocycles. The smallest absolute Gasteiger partial charge is 0.311 e. The Morgan fingerprint density at radius 3 is 3.00 bits per heavy atom. The van der Waals surface area contributed by atoms with Gasteiger partial charge in [0.15, 0.2) is 0 Å². The number of rotatable bonds is 4. The number of carboxylic acids is 1. The number of aromatic nitrogens is 1. The molecule has 0 saturated carbocycles. The molecule has 1 fully saturated rings. The molecule has 1 N–H and O–H groups in total. The molecular formula is C13H17N3O4. The van der Waals surface area contributed by atoms with Crippen molar-refractivity contribution in [1.82, 2.24) is 4.98 Å². The van der Waals surface area contributed by atoms with Crippen LogP contribution in [-0.4, -0.2) is 34.1 Å². The van der Waals surface area contributed by atoms with Crippen LogP contribution in [0.5, 0.6) is 0 Å². The number of nitro groups is 1. The Morgan fingerprint density at radius 1 is 1.65 bits per heavy atom. The second-order valence-corrected chi connectivity index (χ2v) is 5.09. The van der Waals surface area contributed by atoms with E-state index in [1.807, 2.05) is 11.8 Å². The summed E-state index contributed by atoms with van der Waals surface area (Å²) in [5.74, 6) is -0.340. The van der Waals surface area contributed by atoms with Crippen LogP contribution in [0.2, 0.25) is 0 Å². The monoisotopic (exact) mass is 279 g/mol. The normalized spacial score (nSPS) is 22.6. The van der Waals surface area contributed by atoms with Crippen LogP contribution in [0, 0.1) is 15.5 Å². The summed E-state index contributed by atoms with van der Waals surface area (Å²) >= 11 is 0. The van der Waals surface area contributed by atoms with Gasteiger partial charge in [-0.05, 0) is 19.3 Å². The molecule has 0 bridgehead atoms. The largest absolute Gasteiger partial charge is 0.481 e. The molecule has 0 aliphatic carbocycles. The van der Waals surface area contributed by atoms with Crippen LogP contribution in [0.25, 0.3) is 0 Å². The van der Waals surface area contributed by atoms with E-state index in [9.17, 15) is 20.0 Å². The zero-order valence-corrected chi connectivity index (χ0v) is 11.3. The molecule has 108 valence electrons.